The molecule has 0 spiro atoms. The number of halogens is 5. The molecule has 0 bridgehead atoms. The van der Waals surface area contributed by atoms with Crippen molar-refractivity contribution in [3.05, 3.63) is 81.5 Å². The number of carbonyl (C=O) groups excluding carboxylic acids is 2. The van der Waals surface area contributed by atoms with Gasteiger partial charge in [0.15, 0.2) is 0 Å². The van der Waals surface area contributed by atoms with Gasteiger partial charge in [0, 0.05) is 22.8 Å². The van der Waals surface area contributed by atoms with Crippen LogP contribution in [0.25, 0.3) is 0 Å². The van der Waals surface area contributed by atoms with Crippen LogP contribution in [-0.4, -0.2) is 16.9 Å². The molecule has 3 aromatic rings. The Bertz CT molecular complexity index is 1150. The minimum absolute atomic E-state index is 0.0472. The van der Waals surface area contributed by atoms with Crippen LogP contribution in [0.15, 0.2) is 54.7 Å². The predicted octanol–water partition coefficient (Wildman–Crippen LogP) is 4.82. The van der Waals surface area contributed by atoms with Gasteiger partial charge in [0.2, 0.25) is 5.88 Å². The molecule has 0 aliphatic heterocycles. The fourth-order valence-corrected chi connectivity index (χ4v) is 2.95. The number of nitrogens with zero attached hydrogens (tertiary/aromatic N) is 1. The molecule has 1 N–H and O–H groups in total. The van der Waals surface area contributed by atoms with Crippen LogP contribution in [0.2, 0.25) is 10.0 Å². The topological polar surface area (TPSA) is 91.3 Å². The average Bonchev–Trinajstić information content (AvgIpc) is 2.68. The molecule has 0 aliphatic carbocycles. The third-order valence-corrected chi connectivity index (χ3v) is 4.47. The van der Waals surface area contributed by atoms with Gasteiger partial charge in [0.05, 0.1) is 27.8 Å². The summed E-state index contributed by atoms with van der Waals surface area (Å²) in [6, 6.07) is 9.48. The van der Waals surface area contributed by atoms with E-state index >= 15 is 0 Å². The molecule has 160 valence electrons. The molecule has 2 aromatic carbocycles. The summed E-state index contributed by atoms with van der Waals surface area (Å²) in [7, 11) is 0. The second-order valence-electron chi connectivity index (χ2n) is 6.06. The number of amides is 1. The molecule has 0 radical (unpaired) electrons. The standard InChI is InChI=1S/C20H11Cl2F3N2O4/c21-11-2-4-13(15(22)7-11)18(28)27-16-5-3-12(8-14(16)19(29)30)31-17-6-1-10(9-26-17)20(23,24)25/h1-9H,(H,27,28)(H,29,30)/p-1. The van der Waals surface area contributed by atoms with Crippen LogP contribution in [0.4, 0.5) is 18.9 Å². The number of pyridine rings is 1. The third kappa shape index (κ3) is 5.44. The van der Waals surface area contributed by atoms with E-state index in [0.29, 0.717) is 11.2 Å². The third-order valence-electron chi connectivity index (χ3n) is 3.92. The number of hydrogen-bond acceptors (Lipinski definition) is 5. The van der Waals surface area contributed by atoms with E-state index in [1.54, 1.807) is 0 Å². The van der Waals surface area contributed by atoms with Gasteiger partial charge in [-0.05, 0) is 42.5 Å². The Balaban J connectivity index is 1.82. The van der Waals surface area contributed by atoms with Crippen LogP contribution >= 0.6 is 23.2 Å². The van der Waals surface area contributed by atoms with Crippen molar-refractivity contribution in [2.75, 3.05) is 5.32 Å². The summed E-state index contributed by atoms with van der Waals surface area (Å²) in [6.07, 6.45) is -3.97. The van der Waals surface area contributed by atoms with E-state index in [4.69, 9.17) is 27.9 Å². The van der Waals surface area contributed by atoms with Crippen LogP contribution in [0, 0.1) is 0 Å². The summed E-state index contributed by atoms with van der Waals surface area (Å²) >= 11 is 11.8. The number of benzene rings is 2. The van der Waals surface area contributed by atoms with Crippen LogP contribution in [-0.2, 0) is 6.18 Å². The number of anilines is 1. The maximum Gasteiger partial charge on any atom is 0.417 e. The average molecular weight is 470 g/mol. The van der Waals surface area contributed by atoms with Gasteiger partial charge in [0.25, 0.3) is 5.91 Å². The molecule has 0 unspecified atom stereocenters. The van der Waals surface area contributed by atoms with Crippen LogP contribution in [0.5, 0.6) is 11.6 Å². The Morgan fingerprint density at radius 2 is 1.74 bits per heavy atom. The number of nitrogens with one attached hydrogen (secondary N) is 1. The van der Waals surface area contributed by atoms with Gasteiger partial charge in [-0.2, -0.15) is 13.2 Å². The molecular formula is C20H10Cl2F3N2O4-. The fraction of sp³-hybridized carbons (Fsp3) is 0.0500. The number of alkyl halides is 3. The molecule has 0 fully saturated rings. The van der Waals surface area contributed by atoms with E-state index in [-0.39, 0.29) is 27.9 Å². The lowest BCUT2D eigenvalue weighted by Crippen LogP contribution is -2.25. The first-order chi connectivity index (χ1) is 14.5. The van der Waals surface area contributed by atoms with Crippen molar-refractivity contribution >= 4 is 40.8 Å². The van der Waals surface area contributed by atoms with Crippen LogP contribution in [0.3, 0.4) is 0 Å². The number of aromatic nitrogens is 1. The van der Waals surface area contributed by atoms with E-state index < -0.39 is 29.2 Å². The first-order valence-corrected chi connectivity index (χ1v) is 9.13. The predicted molar refractivity (Wildman–Crippen MR) is 105 cm³/mol. The Hall–Kier alpha value is -3.30. The Morgan fingerprint density at radius 3 is 2.32 bits per heavy atom. The van der Waals surface area contributed by atoms with E-state index in [0.717, 1.165) is 18.2 Å². The van der Waals surface area contributed by atoms with Crippen LogP contribution in [0.1, 0.15) is 26.3 Å². The Kier molecular flexibility index (Phi) is 6.37. The van der Waals surface area contributed by atoms with Crippen molar-refractivity contribution in [2.45, 2.75) is 6.18 Å². The second-order valence-corrected chi connectivity index (χ2v) is 6.90. The minimum Gasteiger partial charge on any atom is -0.545 e. The van der Waals surface area contributed by atoms with Crippen LogP contribution < -0.4 is 15.2 Å². The lowest BCUT2D eigenvalue weighted by molar-refractivity contribution is -0.254. The number of ether oxygens (including phenoxy) is 1. The number of hydrogen-bond donors (Lipinski definition) is 1. The van der Waals surface area contributed by atoms with E-state index in [1.807, 2.05) is 0 Å². The summed E-state index contributed by atoms with van der Waals surface area (Å²) in [6.45, 7) is 0. The van der Waals surface area contributed by atoms with E-state index in [1.165, 1.54) is 30.3 Å². The molecule has 0 saturated carbocycles. The molecular weight excluding hydrogens is 460 g/mol. The second kappa shape index (κ2) is 8.83. The van der Waals surface area contributed by atoms with Crippen molar-refractivity contribution in [2.24, 2.45) is 0 Å². The molecule has 0 saturated heterocycles. The smallest absolute Gasteiger partial charge is 0.417 e. The van der Waals surface area contributed by atoms with E-state index in [2.05, 4.69) is 10.3 Å². The molecule has 31 heavy (non-hydrogen) atoms. The van der Waals surface area contributed by atoms with Gasteiger partial charge < -0.3 is 20.0 Å². The van der Waals surface area contributed by atoms with Gasteiger partial charge in [-0.3, -0.25) is 4.79 Å². The minimum atomic E-state index is -4.56. The van der Waals surface area contributed by atoms with Crippen molar-refractivity contribution in [1.82, 2.24) is 4.98 Å². The van der Waals surface area contributed by atoms with Gasteiger partial charge in [-0.25, -0.2) is 4.98 Å². The highest BCUT2D eigenvalue weighted by atomic mass is 35.5. The molecule has 11 heteroatoms. The Labute approximate surface area is 183 Å². The highest BCUT2D eigenvalue weighted by molar-refractivity contribution is 6.37. The number of carbonyl (C=O) groups is 2. The van der Waals surface area contributed by atoms with Gasteiger partial charge in [-0.15, -0.1) is 0 Å². The quantitative estimate of drug-likeness (QED) is 0.578. The summed E-state index contributed by atoms with van der Waals surface area (Å²) in [5.41, 5.74) is -1.44. The lowest BCUT2D eigenvalue weighted by Gasteiger charge is -2.15. The number of aromatic carboxylic acids is 1. The SMILES string of the molecule is O=C(Nc1ccc(Oc2ccc(C(F)(F)F)cn2)cc1C(=O)[O-])c1ccc(Cl)cc1Cl. The first kappa shape index (κ1) is 22.4. The lowest BCUT2D eigenvalue weighted by atomic mass is 10.1. The number of carboxylic acid groups (broad SMARTS) is 1. The molecule has 1 amide bonds. The monoisotopic (exact) mass is 469 g/mol. The highest BCUT2D eigenvalue weighted by Gasteiger charge is 2.30. The van der Waals surface area contributed by atoms with Gasteiger partial charge >= 0.3 is 6.18 Å². The molecule has 6 nitrogen and oxygen atoms in total. The maximum atomic E-state index is 12.6. The van der Waals surface area contributed by atoms with Crippen molar-refractivity contribution in [3.8, 4) is 11.6 Å². The summed E-state index contributed by atoms with van der Waals surface area (Å²) < 4.78 is 43.1. The molecule has 1 heterocycles. The Morgan fingerprint density at radius 1 is 1.00 bits per heavy atom. The molecule has 0 aliphatic rings. The summed E-state index contributed by atoms with van der Waals surface area (Å²) in [4.78, 5) is 27.5. The normalized spacial score (nSPS) is 11.1. The van der Waals surface area contributed by atoms with Crippen molar-refractivity contribution in [3.63, 3.8) is 0 Å². The van der Waals surface area contributed by atoms with Gasteiger partial charge in [-0.1, -0.05) is 23.2 Å². The zero-order valence-electron chi connectivity index (χ0n) is 15.2. The summed E-state index contributed by atoms with van der Waals surface area (Å²) in [5.74, 6) is -2.55. The van der Waals surface area contributed by atoms with E-state index in [9.17, 15) is 27.9 Å². The largest absolute Gasteiger partial charge is 0.545 e. The summed E-state index contributed by atoms with van der Waals surface area (Å²) in [5, 5.41) is 14.3. The van der Waals surface area contributed by atoms with Crippen molar-refractivity contribution < 1.29 is 32.6 Å². The van der Waals surface area contributed by atoms with Crippen molar-refractivity contribution in [1.29, 1.82) is 0 Å². The fourth-order valence-electron chi connectivity index (χ4n) is 2.46. The zero-order chi connectivity index (χ0) is 22.8. The molecule has 0 atom stereocenters. The molecule has 3 rings (SSSR count). The molecule has 1 aromatic heterocycles. The number of rotatable bonds is 5. The first-order valence-electron chi connectivity index (χ1n) is 8.37. The highest BCUT2D eigenvalue weighted by Crippen LogP contribution is 2.31. The number of carboxylic acids is 1. The zero-order valence-corrected chi connectivity index (χ0v) is 16.7. The maximum absolute atomic E-state index is 12.6. The van der Waals surface area contributed by atoms with Gasteiger partial charge in [0.1, 0.15) is 5.75 Å².